The molecule has 1 aromatic heterocycles. The molecule has 5 nitrogen and oxygen atoms in total. The summed E-state index contributed by atoms with van der Waals surface area (Å²) in [6, 6.07) is 11.7. The van der Waals surface area contributed by atoms with Crippen molar-refractivity contribution in [3.05, 3.63) is 53.9 Å². The highest BCUT2D eigenvalue weighted by Crippen LogP contribution is 2.13. The van der Waals surface area contributed by atoms with Gasteiger partial charge in [0, 0.05) is 31.5 Å². The zero-order valence-electron chi connectivity index (χ0n) is 14.6. The fourth-order valence-electron chi connectivity index (χ4n) is 2.47. The van der Waals surface area contributed by atoms with Crippen molar-refractivity contribution in [3.63, 3.8) is 0 Å². The van der Waals surface area contributed by atoms with E-state index >= 15 is 0 Å². The number of carbonyl (C=O) groups excluding carboxylic acids is 1. The number of nitrogens with zero attached hydrogens (tertiary/aromatic N) is 2. The zero-order chi connectivity index (χ0) is 17.4. The summed E-state index contributed by atoms with van der Waals surface area (Å²) in [6.07, 6.45) is 2.57. The second-order valence-corrected chi connectivity index (χ2v) is 5.43. The van der Waals surface area contributed by atoms with Gasteiger partial charge in [-0.2, -0.15) is 0 Å². The molecular formula is C19H25N3O2. The Morgan fingerprint density at radius 1 is 1.17 bits per heavy atom. The van der Waals surface area contributed by atoms with Gasteiger partial charge in [-0.15, -0.1) is 0 Å². The maximum Gasteiger partial charge on any atom is 0.272 e. The third kappa shape index (κ3) is 4.72. The predicted molar refractivity (Wildman–Crippen MR) is 96.7 cm³/mol. The molecule has 24 heavy (non-hydrogen) atoms. The van der Waals surface area contributed by atoms with E-state index in [9.17, 15) is 4.79 Å². The maximum absolute atomic E-state index is 12.3. The minimum absolute atomic E-state index is 0.0289. The molecule has 1 aromatic carbocycles. The Kier molecular flexibility index (Phi) is 6.61. The summed E-state index contributed by atoms with van der Waals surface area (Å²) in [5.41, 5.74) is 2.62. The molecule has 5 heteroatoms. The first-order valence-electron chi connectivity index (χ1n) is 8.30. The van der Waals surface area contributed by atoms with Gasteiger partial charge in [-0.05, 0) is 50.1 Å². The van der Waals surface area contributed by atoms with Gasteiger partial charge >= 0.3 is 0 Å². The van der Waals surface area contributed by atoms with Crippen LogP contribution in [-0.2, 0) is 6.42 Å². The van der Waals surface area contributed by atoms with Gasteiger partial charge in [0.1, 0.15) is 11.4 Å². The zero-order valence-corrected chi connectivity index (χ0v) is 14.6. The van der Waals surface area contributed by atoms with Gasteiger partial charge < -0.3 is 15.0 Å². The monoisotopic (exact) mass is 327 g/mol. The highest BCUT2D eigenvalue weighted by Gasteiger charge is 2.13. The minimum atomic E-state index is -0.0289. The number of ether oxygens (including phenoxy) is 1. The van der Waals surface area contributed by atoms with Gasteiger partial charge in [0.05, 0.1) is 7.11 Å². The number of benzene rings is 1. The average Bonchev–Trinajstić information content (AvgIpc) is 2.63. The standard InChI is InChI=1S/C19H25N3O2/c1-4-22(5-2)19(23)18-14-16(11-13-21-18)20-12-10-15-6-8-17(24-3)9-7-15/h6-9,11,13-14H,4-5,10,12H2,1-3H3,(H,20,21). The van der Waals surface area contributed by atoms with Crippen molar-refractivity contribution in [3.8, 4) is 5.75 Å². The summed E-state index contributed by atoms with van der Waals surface area (Å²) in [5.74, 6) is 0.833. The smallest absolute Gasteiger partial charge is 0.272 e. The molecular weight excluding hydrogens is 302 g/mol. The summed E-state index contributed by atoms with van der Waals surface area (Å²) in [7, 11) is 1.66. The van der Waals surface area contributed by atoms with Gasteiger partial charge in [0.15, 0.2) is 0 Å². The normalized spacial score (nSPS) is 10.3. The van der Waals surface area contributed by atoms with E-state index in [0.29, 0.717) is 18.8 Å². The molecule has 1 heterocycles. The Labute approximate surface area is 143 Å². The molecule has 2 rings (SSSR count). The van der Waals surface area contributed by atoms with Gasteiger partial charge in [-0.3, -0.25) is 9.78 Å². The maximum atomic E-state index is 12.3. The number of hydrogen-bond donors (Lipinski definition) is 1. The first-order chi connectivity index (χ1) is 11.7. The molecule has 0 saturated heterocycles. The number of aromatic nitrogens is 1. The van der Waals surface area contributed by atoms with Crippen molar-refractivity contribution < 1.29 is 9.53 Å². The number of carbonyl (C=O) groups is 1. The molecule has 0 atom stereocenters. The van der Waals surface area contributed by atoms with E-state index in [1.807, 2.05) is 38.1 Å². The number of methoxy groups -OCH3 is 1. The Hall–Kier alpha value is -2.56. The van der Waals surface area contributed by atoms with Crippen LogP contribution >= 0.6 is 0 Å². The van der Waals surface area contributed by atoms with E-state index in [1.165, 1.54) is 5.56 Å². The Balaban J connectivity index is 1.93. The highest BCUT2D eigenvalue weighted by molar-refractivity contribution is 5.93. The van der Waals surface area contributed by atoms with Crippen molar-refractivity contribution in [2.45, 2.75) is 20.3 Å². The van der Waals surface area contributed by atoms with Crippen molar-refractivity contribution in [1.82, 2.24) is 9.88 Å². The van der Waals surface area contributed by atoms with Crippen molar-refractivity contribution >= 4 is 11.6 Å². The van der Waals surface area contributed by atoms with E-state index in [0.717, 1.165) is 24.4 Å². The molecule has 0 aliphatic rings. The predicted octanol–water partition coefficient (Wildman–Crippen LogP) is 3.23. The molecule has 2 aromatic rings. The Morgan fingerprint density at radius 3 is 2.50 bits per heavy atom. The van der Waals surface area contributed by atoms with Crippen LogP contribution in [-0.4, -0.2) is 42.5 Å². The van der Waals surface area contributed by atoms with Crippen molar-refractivity contribution in [2.24, 2.45) is 0 Å². The number of hydrogen-bond acceptors (Lipinski definition) is 4. The van der Waals surface area contributed by atoms with Crippen LogP contribution in [0.1, 0.15) is 29.9 Å². The summed E-state index contributed by atoms with van der Waals surface area (Å²) in [6.45, 7) is 6.10. The van der Waals surface area contributed by atoms with Crippen LogP contribution in [0.5, 0.6) is 5.75 Å². The first-order valence-corrected chi connectivity index (χ1v) is 8.30. The lowest BCUT2D eigenvalue weighted by atomic mass is 10.1. The van der Waals surface area contributed by atoms with Crippen LogP contribution in [0.25, 0.3) is 0 Å². The topological polar surface area (TPSA) is 54.5 Å². The molecule has 1 amide bonds. The number of rotatable bonds is 8. The number of nitrogens with one attached hydrogen (secondary N) is 1. The van der Waals surface area contributed by atoms with Crippen LogP contribution < -0.4 is 10.1 Å². The lowest BCUT2D eigenvalue weighted by Crippen LogP contribution is -2.31. The second-order valence-electron chi connectivity index (χ2n) is 5.43. The number of pyridine rings is 1. The van der Waals surface area contributed by atoms with Crippen molar-refractivity contribution in [1.29, 1.82) is 0 Å². The largest absolute Gasteiger partial charge is 0.497 e. The van der Waals surface area contributed by atoms with E-state index < -0.39 is 0 Å². The molecule has 0 saturated carbocycles. The Bertz CT molecular complexity index is 652. The van der Waals surface area contributed by atoms with Crippen LogP contribution in [0.3, 0.4) is 0 Å². The van der Waals surface area contributed by atoms with Crippen molar-refractivity contribution in [2.75, 3.05) is 32.1 Å². The highest BCUT2D eigenvalue weighted by atomic mass is 16.5. The van der Waals surface area contributed by atoms with Gasteiger partial charge in [-0.1, -0.05) is 12.1 Å². The summed E-state index contributed by atoms with van der Waals surface area (Å²) in [4.78, 5) is 18.3. The third-order valence-corrected chi connectivity index (χ3v) is 3.93. The fourth-order valence-corrected chi connectivity index (χ4v) is 2.47. The number of anilines is 1. The van der Waals surface area contributed by atoms with E-state index in [2.05, 4.69) is 22.4 Å². The molecule has 0 bridgehead atoms. The molecule has 0 spiro atoms. The summed E-state index contributed by atoms with van der Waals surface area (Å²) >= 11 is 0. The van der Waals surface area contributed by atoms with Crippen LogP contribution in [0.15, 0.2) is 42.6 Å². The van der Waals surface area contributed by atoms with Gasteiger partial charge in [0.2, 0.25) is 0 Å². The van der Waals surface area contributed by atoms with Gasteiger partial charge in [-0.25, -0.2) is 0 Å². The fraction of sp³-hybridized carbons (Fsp3) is 0.368. The molecule has 0 unspecified atom stereocenters. The lowest BCUT2D eigenvalue weighted by molar-refractivity contribution is 0.0767. The molecule has 0 fully saturated rings. The molecule has 0 aliphatic heterocycles. The molecule has 1 N–H and O–H groups in total. The Morgan fingerprint density at radius 2 is 1.88 bits per heavy atom. The second kappa shape index (κ2) is 8.91. The van der Waals surface area contributed by atoms with E-state index in [-0.39, 0.29) is 5.91 Å². The quantitative estimate of drug-likeness (QED) is 0.809. The summed E-state index contributed by atoms with van der Waals surface area (Å²) < 4.78 is 5.16. The number of amides is 1. The van der Waals surface area contributed by atoms with Crippen LogP contribution in [0.4, 0.5) is 5.69 Å². The van der Waals surface area contributed by atoms with Crippen LogP contribution in [0.2, 0.25) is 0 Å². The first kappa shape index (κ1) is 17.8. The van der Waals surface area contributed by atoms with Crippen LogP contribution in [0, 0.1) is 0 Å². The van der Waals surface area contributed by atoms with Gasteiger partial charge in [0.25, 0.3) is 5.91 Å². The lowest BCUT2D eigenvalue weighted by Gasteiger charge is -2.18. The van der Waals surface area contributed by atoms with E-state index in [1.54, 1.807) is 18.2 Å². The minimum Gasteiger partial charge on any atom is -0.497 e. The average molecular weight is 327 g/mol. The summed E-state index contributed by atoms with van der Waals surface area (Å²) in [5, 5.41) is 3.35. The molecule has 0 aliphatic carbocycles. The third-order valence-electron chi connectivity index (χ3n) is 3.93. The SMILES string of the molecule is CCN(CC)C(=O)c1cc(NCCc2ccc(OC)cc2)ccn1. The molecule has 0 radical (unpaired) electrons. The molecule has 128 valence electrons. The van der Waals surface area contributed by atoms with E-state index in [4.69, 9.17) is 4.74 Å².